The number of carbonyl (C=O) groups excluding carboxylic acids is 1. The van der Waals surface area contributed by atoms with Gasteiger partial charge in [-0.05, 0) is 38.5 Å². The lowest BCUT2D eigenvalue weighted by molar-refractivity contribution is -0.143. The minimum atomic E-state index is -1.08. The van der Waals surface area contributed by atoms with Crippen LogP contribution >= 0.6 is 11.3 Å². The number of thiazole rings is 1. The van der Waals surface area contributed by atoms with Crippen LogP contribution < -0.4 is 5.32 Å². The summed E-state index contributed by atoms with van der Waals surface area (Å²) in [4.78, 5) is 25.0. The molecule has 1 unspecified atom stereocenters. The van der Waals surface area contributed by atoms with Gasteiger partial charge in [0.15, 0.2) is 10.8 Å². The molecule has 2 aliphatic rings. The number of amidine groups is 1. The first-order valence-electron chi connectivity index (χ1n) is 10.6. The summed E-state index contributed by atoms with van der Waals surface area (Å²) in [6.07, 6.45) is 1.43. The summed E-state index contributed by atoms with van der Waals surface area (Å²) in [5.74, 6) is -0.208. The fourth-order valence-corrected chi connectivity index (χ4v) is 4.51. The number of esters is 1. The van der Waals surface area contributed by atoms with Crippen LogP contribution in [0.3, 0.4) is 0 Å². The maximum Gasteiger partial charge on any atom is 0.338 e. The van der Waals surface area contributed by atoms with Crippen molar-refractivity contribution in [2.75, 3.05) is 32.8 Å². The molecule has 32 heavy (non-hydrogen) atoms. The second kappa shape index (κ2) is 9.48. The van der Waals surface area contributed by atoms with Crippen LogP contribution in [0, 0.1) is 5.82 Å². The zero-order valence-corrected chi connectivity index (χ0v) is 19.2. The lowest BCUT2D eigenvalue weighted by atomic mass is 9.82. The second-order valence-corrected chi connectivity index (χ2v) is 9.09. The highest BCUT2D eigenvalue weighted by Gasteiger charge is 2.43. The van der Waals surface area contributed by atoms with E-state index in [4.69, 9.17) is 14.5 Å². The molecule has 2 aliphatic heterocycles. The van der Waals surface area contributed by atoms with E-state index in [0.717, 1.165) is 13.1 Å². The molecule has 7 nitrogen and oxygen atoms in total. The van der Waals surface area contributed by atoms with E-state index < -0.39 is 11.5 Å². The smallest absolute Gasteiger partial charge is 0.338 e. The predicted octanol–water partition coefficient (Wildman–Crippen LogP) is 3.09. The van der Waals surface area contributed by atoms with Crippen LogP contribution in [0.25, 0.3) is 0 Å². The Morgan fingerprint density at radius 2 is 2.03 bits per heavy atom. The number of aliphatic imine (C=N–C) groups is 1. The van der Waals surface area contributed by atoms with Gasteiger partial charge in [0.2, 0.25) is 0 Å². The molecule has 1 N–H and O–H groups in total. The van der Waals surface area contributed by atoms with Gasteiger partial charge in [-0.2, -0.15) is 0 Å². The Bertz CT molecular complexity index is 1010. The van der Waals surface area contributed by atoms with Crippen LogP contribution in [0.15, 0.2) is 52.1 Å². The summed E-state index contributed by atoms with van der Waals surface area (Å²) < 4.78 is 24.8. The standard InChI is InChI=1S/C23H27FN4O3S/c1-15(2)31-22(29)19-18(14-28-9-11-30-12-10-28)26-20(21-25-8-13-32-21)27-23(19,3)16-4-6-17(24)7-5-16/h4-8,13,15H,9-12,14H2,1-3H3,(H,26,27). The highest BCUT2D eigenvalue weighted by Crippen LogP contribution is 2.39. The van der Waals surface area contributed by atoms with Crippen molar-refractivity contribution in [1.82, 2.24) is 15.2 Å². The summed E-state index contributed by atoms with van der Waals surface area (Å²) in [5, 5.41) is 5.96. The van der Waals surface area contributed by atoms with Gasteiger partial charge in [0.25, 0.3) is 0 Å². The molecule has 1 fully saturated rings. The molecule has 1 atom stereocenters. The van der Waals surface area contributed by atoms with Gasteiger partial charge in [-0.15, -0.1) is 11.3 Å². The SMILES string of the molecule is CC(C)OC(=O)C1=C(CN2CCOCC2)NC(c2nccs2)=NC1(C)c1ccc(F)cc1. The summed E-state index contributed by atoms with van der Waals surface area (Å²) in [6, 6.07) is 6.10. The van der Waals surface area contributed by atoms with E-state index in [1.165, 1.54) is 23.5 Å². The zero-order chi connectivity index (χ0) is 22.7. The molecule has 3 heterocycles. The third kappa shape index (κ3) is 4.74. The average Bonchev–Trinajstić information content (AvgIpc) is 3.29. The summed E-state index contributed by atoms with van der Waals surface area (Å²) >= 11 is 1.46. The minimum Gasteiger partial charge on any atom is -0.459 e. The van der Waals surface area contributed by atoms with Crippen molar-refractivity contribution in [1.29, 1.82) is 0 Å². The van der Waals surface area contributed by atoms with Crippen LogP contribution in [0.2, 0.25) is 0 Å². The van der Waals surface area contributed by atoms with Crippen LogP contribution in [-0.2, 0) is 19.8 Å². The Kier molecular flexibility index (Phi) is 6.68. The number of halogens is 1. The number of benzene rings is 1. The molecule has 1 aromatic carbocycles. The van der Waals surface area contributed by atoms with Crippen LogP contribution in [-0.4, -0.2) is 60.6 Å². The van der Waals surface area contributed by atoms with Gasteiger partial charge in [0.1, 0.15) is 11.4 Å². The van der Waals surface area contributed by atoms with E-state index in [1.54, 1.807) is 18.3 Å². The zero-order valence-electron chi connectivity index (χ0n) is 18.4. The van der Waals surface area contributed by atoms with Crippen molar-refractivity contribution in [3.63, 3.8) is 0 Å². The first kappa shape index (κ1) is 22.6. The Hall–Kier alpha value is -2.62. The molecule has 2 aromatic rings. The van der Waals surface area contributed by atoms with Crippen LogP contribution in [0.5, 0.6) is 0 Å². The minimum absolute atomic E-state index is 0.290. The fraction of sp³-hybridized carbons (Fsp3) is 0.435. The number of morpholine rings is 1. The van der Waals surface area contributed by atoms with Gasteiger partial charge in [-0.3, -0.25) is 4.90 Å². The van der Waals surface area contributed by atoms with E-state index >= 15 is 0 Å². The normalized spacial score (nSPS) is 22.0. The predicted molar refractivity (Wildman–Crippen MR) is 121 cm³/mol. The van der Waals surface area contributed by atoms with E-state index in [2.05, 4.69) is 15.2 Å². The second-order valence-electron chi connectivity index (χ2n) is 8.20. The van der Waals surface area contributed by atoms with Crippen molar-refractivity contribution in [2.45, 2.75) is 32.4 Å². The number of aromatic nitrogens is 1. The van der Waals surface area contributed by atoms with Gasteiger partial charge >= 0.3 is 5.97 Å². The van der Waals surface area contributed by atoms with E-state index in [9.17, 15) is 9.18 Å². The van der Waals surface area contributed by atoms with Gasteiger partial charge in [0.05, 0.1) is 24.9 Å². The van der Waals surface area contributed by atoms with E-state index in [0.29, 0.717) is 47.4 Å². The number of hydrogen-bond acceptors (Lipinski definition) is 8. The molecule has 0 amide bonds. The molecule has 0 aliphatic carbocycles. The Morgan fingerprint density at radius 1 is 1.31 bits per heavy atom. The first-order valence-corrected chi connectivity index (χ1v) is 11.5. The maximum absolute atomic E-state index is 13.7. The van der Waals surface area contributed by atoms with Crippen molar-refractivity contribution < 1.29 is 18.7 Å². The summed E-state index contributed by atoms with van der Waals surface area (Å²) in [7, 11) is 0. The number of nitrogens with one attached hydrogen (secondary N) is 1. The van der Waals surface area contributed by atoms with E-state index in [-0.39, 0.29) is 11.9 Å². The van der Waals surface area contributed by atoms with Gasteiger partial charge in [-0.1, -0.05) is 12.1 Å². The Morgan fingerprint density at radius 3 is 2.66 bits per heavy atom. The fourth-order valence-electron chi connectivity index (χ4n) is 3.93. The van der Waals surface area contributed by atoms with Crippen molar-refractivity contribution >= 4 is 23.1 Å². The quantitative estimate of drug-likeness (QED) is 0.671. The average molecular weight is 459 g/mol. The van der Waals surface area contributed by atoms with Crippen LogP contribution in [0.1, 0.15) is 31.3 Å². The largest absolute Gasteiger partial charge is 0.459 e. The summed E-state index contributed by atoms with van der Waals surface area (Å²) in [5.41, 5.74) is 0.756. The number of carbonyl (C=O) groups is 1. The maximum atomic E-state index is 13.7. The molecule has 1 aromatic heterocycles. The van der Waals surface area contributed by atoms with Crippen molar-refractivity contribution in [3.05, 3.63) is 63.5 Å². The monoisotopic (exact) mass is 458 g/mol. The topological polar surface area (TPSA) is 76.0 Å². The lowest BCUT2D eigenvalue weighted by Gasteiger charge is -2.37. The molecule has 4 rings (SSSR count). The molecular formula is C23H27FN4O3S. The molecule has 0 radical (unpaired) electrons. The highest BCUT2D eigenvalue weighted by atomic mass is 32.1. The summed E-state index contributed by atoms with van der Waals surface area (Å²) in [6.45, 7) is 8.80. The number of ether oxygens (including phenoxy) is 2. The molecule has 170 valence electrons. The number of rotatable bonds is 6. The third-order valence-electron chi connectivity index (χ3n) is 5.47. The van der Waals surface area contributed by atoms with Crippen molar-refractivity contribution in [2.24, 2.45) is 4.99 Å². The van der Waals surface area contributed by atoms with Gasteiger partial charge < -0.3 is 14.8 Å². The molecule has 0 saturated carbocycles. The number of hydrogen-bond donors (Lipinski definition) is 1. The molecule has 1 saturated heterocycles. The number of nitrogens with zero attached hydrogens (tertiary/aromatic N) is 3. The third-order valence-corrected chi connectivity index (χ3v) is 6.25. The molecular weight excluding hydrogens is 431 g/mol. The van der Waals surface area contributed by atoms with Gasteiger partial charge in [-0.25, -0.2) is 19.2 Å². The molecule has 0 bridgehead atoms. The van der Waals surface area contributed by atoms with Crippen LogP contribution in [0.4, 0.5) is 4.39 Å². The molecule has 9 heteroatoms. The van der Waals surface area contributed by atoms with Crippen molar-refractivity contribution in [3.8, 4) is 0 Å². The Labute approximate surface area is 191 Å². The lowest BCUT2D eigenvalue weighted by Crippen LogP contribution is -2.47. The highest BCUT2D eigenvalue weighted by molar-refractivity contribution is 7.11. The first-order chi connectivity index (χ1) is 15.4. The Balaban J connectivity index is 1.85. The van der Waals surface area contributed by atoms with E-state index in [1.807, 2.05) is 26.2 Å². The molecule has 0 spiro atoms. The van der Waals surface area contributed by atoms with Gasteiger partial charge in [0, 0.05) is 36.9 Å².